The summed E-state index contributed by atoms with van der Waals surface area (Å²) < 4.78 is 0. The molecule has 1 saturated heterocycles. The fraction of sp³-hybridized carbons (Fsp3) is 0.833. The monoisotopic (exact) mass is 256 g/mol. The zero-order valence-electron chi connectivity index (χ0n) is 10.3. The van der Waals surface area contributed by atoms with Gasteiger partial charge in [0.2, 0.25) is 11.8 Å². The Balaban J connectivity index is 1.78. The van der Waals surface area contributed by atoms with Crippen molar-refractivity contribution in [2.75, 3.05) is 18.2 Å². The van der Waals surface area contributed by atoms with Gasteiger partial charge in [-0.05, 0) is 18.8 Å². The van der Waals surface area contributed by atoms with E-state index >= 15 is 0 Å². The van der Waals surface area contributed by atoms with Crippen LogP contribution in [-0.2, 0) is 9.59 Å². The van der Waals surface area contributed by atoms with Crippen molar-refractivity contribution in [1.82, 2.24) is 10.2 Å². The molecule has 2 amide bonds. The van der Waals surface area contributed by atoms with E-state index in [0.717, 1.165) is 6.42 Å². The topological polar surface area (TPSA) is 49.4 Å². The minimum Gasteiger partial charge on any atom is -0.352 e. The van der Waals surface area contributed by atoms with Crippen LogP contribution < -0.4 is 5.32 Å². The Hall–Kier alpha value is -0.710. The summed E-state index contributed by atoms with van der Waals surface area (Å²) >= 11 is 1.58. The summed E-state index contributed by atoms with van der Waals surface area (Å²) in [6.07, 6.45) is 4.75. The summed E-state index contributed by atoms with van der Waals surface area (Å²) in [6, 6.07) is 0.307. The Kier molecular flexibility index (Phi) is 4.31. The lowest BCUT2D eigenvalue weighted by Gasteiger charge is -2.30. The van der Waals surface area contributed by atoms with Gasteiger partial charge >= 0.3 is 0 Å². The van der Waals surface area contributed by atoms with Gasteiger partial charge in [-0.25, -0.2) is 0 Å². The molecule has 0 aromatic carbocycles. The van der Waals surface area contributed by atoms with E-state index in [9.17, 15) is 9.59 Å². The van der Waals surface area contributed by atoms with Crippen LogP contribution in [0.3, 0.4) is 0 Å². The maximum Gasteiger partial charge on any atom is 0.239 e. The van der Waals surface area contributed by atoms with Gasteiger partial charge in [-0.2, -0.15) is 0 Å². The predicted molar refractivity (Wildman–Crippen MR) is 68.6 cm³/mol. The molecule has 0 radical (unpaired) electrons. The van der Waals surface area contributed by atoms with Crippen LogP contribution in [0.5, 0.6) is 0 Å². The van der Waals surface area contributed by atoms with Crippen molar-refractivity contribution in [2.45, 2.75) is 38.6 Å². The van der Waals surface area contributed by atoms with E-state index in [4.69, 9.17) is 0 Å². The maximum absolute atomic E-state index is 11.8. The number of rotatable bonds is 3. The molecule has 1 saturated carbocycles. The van der Waals surface area contributed by atoms with Gasteiger partial charge in [-0.15, -0.1) is 11.8 Å². The molecule has 0 spiro atoms. The van der Waals surface area contributed by atoms with Crippen molar-refractivity contribution >= 4 is 23.6 Å². The first-order chi connectivity index (χ1) is 8.16. The molecule has 2 aliphatic rings. The number of hydrogen-bond donors (Lipinski definition) is 1. The highest BCUT2D eigenvalue weighted by atomic mass is 32.2. The molecule has 2 rings (SSSR count). The van der Waals surface area contributed by atoms with Crippen LogP contribution in [0.4, 0.5) is 0 Å². The highest BCUT2D eigenvalue weighted by Gasteiger charge is 2.26. The van der Waals surface area contributed by atoms with Crippen LogP contribution in [0.25, 0.3) is 0 Å². The van der Waals surface area contributed by atoms with Gasteiger partial charge < -0.3 is 10.2 Å². The maximum atomic E-state index is 11.8. The molecule has 1 aliphatic heterocycles. The van der Waals surface area contributed by atoms with Gasteiger partial charge in [0, 0.05) is 6.04 Å². The molecule has 1 N–H and O–H groups in total. The molecule has 17 heavy (non-hydrogen) atoms. The molecule has 0 aromatic heterocycles. The van der Waals surface area contributed by atoms with Crippen LogP contribution in [0.1, 0.15) is 32.6 Å². The lowest BCUT2D eigenvalue weighted by molar-refractivity contribution is -0.132. The molecule has 96 valence electrons. The van der Waals surface area contributed by atoms with Crippen molar-refractivity contribution in [3.05, 3.63) is 0 Å². The normalized spacial score (nSPS) is 29.5. The van der Waals surface area contributed by atoms with E-state index in [1.54, 1.807) is 16.7 Å². The van der Waals surface area contributed by atoms with Crippen molar-refractivity contribution in [1.29, 1.82) is 0 Å². The van der Waals surface area contributed by atoms with E-state index in [2.05, 4.69) is 12.2 Å². The first-order valence-corrected chi connectivity index (χ1v) is 7.47. The zero-order valence-corrected chi connectivity index (χ0v) is 11.1. The third-order valence-electron chi connectivity index (χ3n) is 3.62. The van der Waals surface area contributed by atoms with Gasteiger partial charge in [-0.1, -0.05) is 19.8 Å². The van der Waals surface area contributed by atoms with Gasteiger partial charge in [-0.3, -0.25) is 9.59 Å². The molecular weight excluding hydrogens is 236 g/mol. The average molecular weight is 256 g/mol. The molecule has 1 heterocycles. The molecule has 4 nitrogen and oxygen atoms in total. The summed E-state index contributed by atoms with van der Waals surface area (Å²) in [5.74, 6) is 1.83. The zero-order chi connectivity index (χ0) is 12.3. The second-order valence-electron chi connectivity index (χ2n) is 5.00. The number of thioether (sulfide) groups is 1. The average Bonchev–Trinajstić information content (AvgIpc) is 2.68. The first-order valence-electron chi connectivity index (χ1n) is 6.31. The lowest BCUT2D eigenvalue weighted by atomic mass is 9.86. The summed E-state index contributed by atoms with van der Waals surface area (Å²) in [7, 11) is 0. The number of hydrogen-bond acceptors (Lipinski definition) is 3. The standard InChI is InChI=1S/C12H20N2O2S/c1-9-4-2-3-5-10(9)13-11(15)6-14-8-17-7-12(14)16/h9-10H,2-8H2,1H3,(H,13,15). The molecule has 0 aromatic rings. The van der Waals surface area contributed by atoms with E-state index in [-0.39, 0.29) is 18.4 Å². The third-order valence-corrected chi connectivity index (χ3v) is 4.56. The molecule has 2 fully saturated rings. The van der Waals surface area contributed by atoms with Crippen molar-refractivity contribution < 1.29 is 9.59 Å². The number of carbonyl (C=O) groups is 2. The number of nitrogens with zero attached hydrogens (tertiary/aromatic N) is 1. The van der Waals surface area contributed by atoms with Crippen LogP contribution in [0.2, 0.25) is 0 Å². The van der Waals surface area contributed by atoms with Gasteiger partial charge in [0.15, 0.2) is 0 Å². The molecule has 1 aliphatic carbocycles. The smallest absolute Gasteiger partial charge is 0.239 e. The quantitative estimate of drug-likeness (QED) is 0.826. The second-order valence-corrected chi connectivity index (χ2v) is 5.96. The van der Waals surface area contributed by atoms with E-state index in [0.29, 0.717) is 23.6 Å². The van der Waals surface area contributed by atoms with Crippen molar-refractivity contribution in [3.8, 4) is 0 Å². The summed E-state index contributed by atoms with van der Waals surface area (Å²) in [5, 5.41) is 3.07. The van der Waals surface area contributed by atoms with Gasteiger partial charge in [0.25, 0.3) is 0 Å². The lowest BCUT2D eigenvalue weighted by Crippen LogP contribution is -2.46. The van der Waals surface area contributed by atoms with E-state index in [1.165, 1.54) is 19.3 Å². The largest absolute Gasteiger partial charge is 0.352 e. The van der Waals surface area contributed by atoms with E-state index in [1.807, 2.05) is 0 Å². The number of carbonyl (C=O) groups excluding carboxylic acids is 2. The summed E-state index contributed by atoms with van der Waals surface area (Å²) in [6.45, 7) is 2.43. The Morgan fingerprint density at radius 1 is 1.47 bits per heavy atom. The third kappa shape index (κ3) is 3.37. The summed E-state index contributed by atoms with van der Waals surface area (Å²) in [4.78, 5) is 24.9. The van der Waals surface area contributed by atoms with E-state index < -0.39 is 0 Å². The van der Waals surface area contributed by atoms with Crippen LogP contribution in [0.15, 0.2) is 0 Å². The van der Waals surface area contributed by atoms with Gasteiger partial charge in [0.1, 0.15) is 6.54 Å². The molecule has 2 atom stereocenters. The summed E-state index contributed by atoms with van der Waals surface area (Å²) in [5.41, 5.74) is 0. The molecule has 2 unspecified atom stereocenters. The Bertz CT molecular complexity index is 309. The molecule has 5 heteroatoms. The fourth-order valence-corrected chi connectivity index (χ4v) is 3.40. The van der Waals surface area contributed by atoms with Crippen LogP contribution in [0, 0.1) is 5.92 Å². The van der Waals surface area contributed by atoms with Crippen LogP contribution in [-0.4, -0.2) is 40.9 Å². The molecule has 0 bridgehead atoms. The van der Waals surface area contributed by atoms with Crippen molar-refractivity contribution in [3.63, 3.8) is 0 Å². The first kappa shape index (κ1) is 12.7. The van der Waals surface area contributed by atoms with Gasteiger partial charge in [0.05, 0.1) is 11.6 Å². The van der Waals surface area contributed by atoms with Crippen LogP contribution >= 0.6 is 11.8 Å². The predicted octanol–water partition coefficient (Wildman–Crippen LogP) is 1.21. The highest BCUT2D eigenvalue weighted by Crippen LogP contribution is 2.23. The SMILES string of the molecule is CC1CCCCC1NC(=O)CN1CSCC1=O. The number of nitrogens with one attached hydrogen (secondary N) is 1. The fourth-order valence-electron chi connectivity index (χ4n) is 2.50. The highest BCUT2D eigenvalue weighted by molar-refractivity contribution is 8.00. The van der Waals surface area contributed by atoms with Crippen molar-refractivity contribution in [2.24, 2.45) is 5.92 Å². The number of amides is 2. The minimum atomic E-state index is -0.000370. The molecular formula is C12H20N2O2S. The second kappa shape index (κ2) is 5.76. The Morgan fingerprint density at radius 3 is 2.88 bits per heavy atom. The Morgan fingerprint density at radius 2 is 2.24 bits per heavy atom. The minimum absolute atomic E-state index is 0.000370. The Labute approximate surface area is 106 Å².